The number of hydrogen-bond donors (Lipinski definition) is 1. The molecule has 2 unspecified atom stereocenters. The summed E-state index contributed by atoms with van der Waals surface area (Å²) in [7, 11) is 5.00. The Kier molecular flexibility index (Phi) is 13.2. The van der Waals surface area contributed by atoms with E-state index in [9.17, 15) is 27.6 Å². The van der Waals surface area contributed by atoms with Crippen molar-refractivity contribution in [1.29, 1.82) is 0 Å². The third-order valence-corrected chi connectivity index (χ3v) is 8.31. The number of hydrogen-bond acceptors (Lipinski definition) is 6. The van der Waals surface area contributed by atoms with Crippen LogP contribution in [0.3, 0.4) is 0 Å². The Balaban J connectivity index is 2.18. The minimum atomic E-state index is -4.78. The Morgan fingerprint density at radius 2 is 1.63 bits per heavy atom. The Morgan fingerprint density at radius 1 is 1.00 bits per heavy atom. The van der Waals surface area contributed by atoms with Crippen molar-refractivity contribution in [1.82, 2.24) is 14.8 Å². The van der Waals surface area contributed by atoms with Crippen molar-refractivity contribution < 1.29 is 36.6 Å². The number of carbonyl (C=O) groups is 2. The van der Waals surface area contributed by atoms with E-state index in [1.165, 1.54) is 0 Å². The van der Waals surface area contributed by atoms with Gasteiger partial charge in [-0.25, -0.2) is 4.39 Å². The van der Waals surface area contributed by atoms with E-state index in [-0.39, 0.29) is 48.6 Å². The minimum Gasteiger partial charge on any atom is -0.497 e. The second-order valence-corrected chi connectivity index (χ2v) is 13.1. The summed E-state index contributed by atoms with van der Waals surface area (Å²) < 4.78 is 69.5. The molecule has 49 heavy (non-hydrogen) atoms. The van der Waals surface area contributed by atoms with Crippen LogP contribution in [-0.2, 0) is 26.9 Å². The van der Waals surface area contributed by atoms with Gasteiger partial charge in [-0.2, -0.15) is 13.2 Å². The van der Waals surface area contributed by atoms with E-state index < -0.39 is 53.5 Å². The van der Waals surface area contributed by atoms with Crippen molar-refractivity contribution in [2.24, 2.45) is 5.92 Å². The van der Waals surface area contributed by atoms with E-state index in [1.54, 1.807) is 52.1 Å². The highest BCUT2D eigenvalue weighted by atomic mass is 19.4. The van der Waals surface area contributed by atoms with Crippen LogP contribution < -0.4 is 15.6 Å². The second-order valence-electron chi connectivity index (χ2n) is 13.1. The van der Waals surface area contributed by atoms with Gasteiger partial charge in [0.15, 0.2) is 0 Å². The zero-order chi connectivity index (χ0) is 36.8. The number of methoxy groups -OCH3 is 1. The number of likely N-dealkylation sites (N-methyl/N-ethyl adjacent to an activating group) is 1. The topological polar surface area (TPSA) is 89.9 Å². The maximum absolute atomic E-state index is 16.0. The molecule has 0 aliphatic heterocycles. The first-order chi connectivity index (χ1) is 22.9. The third kappa shape index (κ3) is 9.93. The molecule has 0 aliphatic rings. The van der Waals surface area contributed by atoms with Crippen LogP contribution in [0.15, 0.2) is 41.3 Å². The van der Waals surface area contributed by atoms with Crippen molar-refractivity contribution in [3.63, 3.8) is 0 Å². The maximum atomic E-state index is 16.0. The standard InChI is InChI=1S/C37H47F4N3O5/c1-10-49-33(46)19-30(28-17-26(14-24(6)35(28)38)34-22(4)15-27(48-9)16-23(34)5)42-36(47)31(13-21(2)3)44-20-25(11-12-43(7)8)29(18-32(44)45)37(39,40)41/h14-18,20-21,30-31H,10-13,19H2,1-9H3,(H,42,47). The van der Waals surface area contributed by atoms with Crippen LogP contribution in [0, 0.1) is 32.5 Å². The number of aromatic nitrogens is 1. The van der Waals surface area contributed by atoms with Crippen molar-refractivity contribution in [2.75, 3.05) is 34.4 Å². The first-order valence-electron chi connectivity index (χ1n) is 16.3. The number of amides is 1. The molecule has 12 heteroatoms. The van der Waals surface area contributed by atoms with Crippen LogP contribution in [0.5, 0.6) is 5.75 Å². The highest BCUT2D eigenvalue weighted by molar-refractivity contribution is 5.82. The van der Waals surface area contributed by atoms with Gasteiger partial charge in [-0.15, -0.1) is 0 Å². The molecule has 2 aromatic carbocycles. The quantitative estimate of drug-likeness (QED) is 0.143. The highest BCUT2D eigenvalue weighted by Crippen LogP contribution is 2.36. The van der Waals surface area contributed by atoms with E-state index in [4.69, 9.17) is 9.47 Å². The van der Waals surface area contributed by atoms with Gasteiger partial charge >= 0.3 is 12.1 Å². The smallest absolute Gasteiger partial charge is 0.416 e. The van der Waals surface area contributed by atoms with Crippen molar-refractivity contribution in [3.05, 3.63) is 86.1 Å². The number of ether oxygens (including phenoxy) is 2. The lowest BCUT2D eigenvalue weighted by molar-refractivity contribution is -0.144. The molecule has 0 bridgehead atoms. The molecule has 0 saturated heterocycles. The molecule has 8 nitrogen and oxygen atoms in total. The monoisotopic (exact) mass is 689 g/mol. The lowest BCUT2D eigenvalue weighted by atomic mass is 9.90. The van der Waals surface area contributed by atoms with Crippen LogP contribution in [0.1, 0.15) is 79.1 Å². The fourth-order valence-electron chi connectivity index (χ4n) is 6.02. The molecule has 268 valence electrons. The largest absolute Gasteiger partial charge is 0.497 e. The second kappa shape index (κ2) is 16.5. The zero-order valence-corrected chi connectivity index (χ0v) is 29.7. The Hall–Kier alpha value is -4.19. The maximum Gasteiger partial charge on any atom is 0.416 e. The lowest BCUT2D eigenvalue weighted by Crippen LogP contribution is -2.41. The van der Waals surface area contributed by atoms with Crippen molar-refractivity contribution in [3.8, 4) is 16.9 Å². The van der Waals surface area contributed by atoms with Gasteiger partial charge < -0.3 is 24.3 Å². The summed E-state index contributed by atoms with van der Waals surface area (Å²) in [5.74, 6) is -1.58. The summed E-state index contributed by atoms with van der Waals surface area (Å²) >= 11 is 0. The average molecular weight is 690 g/mol. The van der Waals surface area contributed by atoms with Crippen LogP contribution in [0.2, 0.25) is 0 Å². The summed E-state index contributed by atoms with van der Waals surface area (Å²) in [4.78, 5) is 42.0. The molecule has 1 amide bonds. The molecule has 1 heterocycles. The molecular formula is C37H47F4N3O5. The van der Waals surface area contributed by atoms with Crippen molar-refractivity contribution >= 4 is 11.9 Å². The van der Waals surface area contributed by atoms with Gasteiger partial charge in [-0.3, -0.25) is 14.4 Å². The lowest BCUT2D eigenvalue weighted by Gasteiger charge is -2.27. The van der Waals surface area contributed by atoms with Crippen LogP contribution in [-0.4, -0.2) is 55.7 Å². The summed E-state index contributed by atoms with van der Waals surface area (Å²) in [6, 6.07) is 5.01. The molecule has 1 aromatic heterocycles. The summed E-state index contributed by atoms with van der Waals surface area (Å²) in [5, 5.41) is 2.77. The highest BCUT2D eigenvalue weighted by Gasteiger charge is 2.36. The summed E-state index contributed by atoms with van der Waals surface area (Å²) in [6.45, 7) is 10.9. The van der Waals surface area contributed by atoms with Crippen molar-refractivity contribution in [2.45, 2.75) is 79.1 Å². The van der Waals surface area contributed by atoms with Gasteiger partial charge in [-0.1, -0.05) is 13.8 Å². The fraction of sp³-hybridized carbons (Fsp3) is 0.486. The van der Waals surface area contributed by atoms with E-state index in [0.717, 1.165) is 27.5 Å². The van der Waals surface area contributed by atoms with Crippen LogP contribution >= 0.6 is 0 Å². The number of nitrogens with zero attached hydrogens (tertiary/aromatic N) is 2. The van der Waals surface area contributed by atoms with Gasteiger partial charge in [0.2, 0.25) is 5.91 Å². The molecule has 3 aromatic rings. The molecule has 0 fully saturated rings. The predicted octanol–water partition coefficient (Wildman–Crippen LogP) is 7.11. The van der Waals surface area contributed by atoms with Gasteiger partial charge in [0.05, 0.1) is 31.7 Å². The number of alkyl halides is 3. The SMILES string of the molecule is CCOC(=O)CC(NC(=O)C(CC(C)C)n1cc(CCN(C)C)c(C(F)(F)F)cc1=O)c1cc(-c2c(C)cc(OC)cc2C)cc(C)c1F. The van der Waals surface area contributed by atoms with E-state index in [1.807, 2.05) is 39.8 Å². The molecule has 0 saturated carbocycles. The molecular weight excluding hydrogens is 642 g/mol. The number of pyridine rings is 1. The number of halogens is 4. The van der Waals surface area contributed by atoms with Crippen LogP contribution in [0.4, 0.5) is 17.6 Å². The molecule has 1 N–H and O–H groups in total. The minimum absolute atomic E-state index is 0.0227. The van der Waals surface area contributed by atoms with Gasteiger partial charge in [0, 0.05) is 24.4 Å². The third-order valence-electron chi connectivity index (χ3n) is 8.31. The van der Waals surface area contributed by atoms with Gasteiger partial charge in [-0.05, 0) is 118 Å². The molecule has 2 atom stereocenters. The van der Waals surface area contributed by atoms with E-state index >= 15 is 4.39 Å². The normalized spacial score (nSPS) is 13.0. The number of benzene rings is 2. The first kappa shape index (κ1) is 39.3. The van der Waals surface area contributed by atoms with Gasteiger partial charge in [0.25, 0.3) is 5.56 Å². The van der Waals surface area contributed by atoms with E-state index in [0.29, 0.717) is 17.4 Å². The number of aryl methyl sites for hydroxylation is 3. The zero-order valence-electron chi connectivity index (χ0n) is 29.7. The first-order valence-corrected chi connectivity index (χ1v) is 16.3. The molecule has 0 radical (unpaired) electrons. The molecule has 0 aliphatic carbocycles. The van der Waals surface area contributed by atoms with Crippen LogP contribution in [0.25, 0.3) is 11.1 Å². The number of carbonyl (C=O) groups excluding carboxylic acids is 2. The molecule has 0 spiro atoms. The fourth-order valence-corrected chi connectivity index (χ4v) is 6.02. The number of nitrogens with one attached hydrogen (secondary N) is 1. The summed E-state index contributed by atoms with van der Waals surface area (Å²) in [5.41, 5.74) is 1.31. The van der Waals surface area contributed by atoms with E-state index in [2.05, 4.69) is 5.32 Å². The number of esters is 1. The Bertz CT molecular complexity index is 1690. The summed E-state index contributed by atoms with van der Waals surface area (Å²) in [6.07, 6.45) is -4.04. The Morgan fingerprint density at radius 3 is 2.16 bits per heavy atom. The predicted molar refractivity (Wildman–Crippen MR) is 181 cm³/mol. The Labute approximate surface area is 285 Å². The number of rotatable bonds is 14. The average Bonchev–Trinajstić information content (AvgIpc) is 2.99. The molecule has 3 rings (SSSR count). The van der Waals surface area contributed by atoms with Gasteiger partial charge in [0.1, 0.15) is 17.6 Å².